The van der Waals surface area contributed by atoms with E-state index >= 15 is 0 Å². The lowest BCUT2D eigenvalue weighted by Gasteiger charge is -2.34. The molecule has 0 aromatic heterocycles. The summed E-state index contributed by atoms with van der Waals surface area (Å²) in [5.41, 5.74) is 0.928. The monoisotopic (exact) mass is 474 g/mol. The van der Waals surface area contributed by atoms with Crippen LogP contribution in [0, 0.1) is 0 Å². The molecular formula is C28H30N2O5. The van der Waals surface area contributed by atoms with E-state index in [1.807, 2.05) is 65.6 Å². The number of para-hydroxylation sites is 2. The van der Waals surface area contributed by atoms with E-state index in [9.17, 15) is 14.4 Å². The standard InChI is InChI=1S/C28H30N2O5/c1-28(2,3)35-27(33)30(25(31)21-14-8-5-9-15-21)24(26(32)34-4)20-29(22-16-10-6-11-17-22)23-18-12-7-13-19-23/h5-19,24H,20H2,1-4H3. The molecule has 3 aromatic rings. The van der Waals surface area contributed by atoms with Crippen LogP contribution in [-0.2, 0) is 14.3 Å². The van der Waals surface area contributed by atoms with Gasteiger partial charge in [-0.05, 0) is 57.2 Å². The van der Waals surface area contributed by atoms with Crippen molar-refractivity contribution in [2.75, 3.05) is 18.6 Å². The van der Waals surface area contributed by atoms with Gasteiger partial charge in [0.05, 0.1) is 13.7 Å². The molecule has 0 saturated heterocycles. The topological polar surface area (TPSA) is 76.2 Å². The second-order valence-electron chi connectivity index (χ2n) is 8.84. The highest BCUT2D eigenvalue weighted by Crippen LogP contribution is 2.27. The number of hydrogen-bond donors (Lipinski definition) is 0. The van der Waals surface area contributed by atoms with Crippen LogP contribution in [0.1, 0.15) is 31.1 Å². The molecule has 1 unspecified atom stereocenters. The third kappa shape index (κ3) is 6.69. The van der Waals surface area contributed by atoms with Gasteiger partial charge in [-0.3, -0.25) is 4.79 Å². The van der Waals surface area contributed by atoms with Crippen molar-refractivity contribution < 1.29 is 23.9 Å². The van der Waals surface area contributed by atoms with Crippen molar-refractivity contribution >= 4 is 29.3 Å². The fourth-order valence-electron chi connectivity index (χ4n) is 3.53. The summed E-state index contributed by atoms with van der Waals surface area (Å²) in [6, 6.07) is 25.8. The van der Waals surface area contributed by atoms with E-state index < -0.39 is 29.6 Å². The van der Waals surface area contributed by atoms with Gasteiger partial charge in [-0.1, -0.05) is 54.6 Å². The van der Waals surface area contributed by atoms with Gasteiger partial charge in [-0.25, -0.2) is 14.5 Å². The Kier molecular flexibility index (Phi) is 8.25. The number of nitrogens with zero attached hydrogens (tertiary/aromatic N) is 2. The van der Waals surface area contributed by atoms with E-state index in [0.29, 0.717) is 0 Å². The minimum atomic E-state index is -1.29. The van der Waals surface area contributed by atoms with Crippen LogP contribution < -0.4 is 4.90 Å². The van der Waals surface area contributed by atoms with Crippen molar-refractivity contribution in [3.05, 3.63) is 96.6 Å². The van der Waals surface area contributed by atoms with Gasteiger partial charge in [0.25, 0.3) is 5.91 Å². The molecule has 0 heterocycles. The zero-order chi connectivity index (χ0) is 25.4. The van der Waals surface area contributed by atoms with Crippen LogP contribution in [0.3, 0.4) is 0 Å². The number of carbonyl (C=O) groups is 3. The molecule has 182 valence electrons. The summed E-state index contributed by atoms with van der Waals surface area (Å²) in [7, 11) is 1.23. The van der Waals surface area contributed by atoms with Gasteiger partial charge in [0.15, 0.2) is 6.04 Å². The molecule has 0 saturated carbocycles. The number of hydrogen-bond acceptors (Lipinski definition) is 6. The molecule has 3 aromatic carbocycles. The molecule has 1 atom stereocenters. The van der Waals surface area contributed by atoms with Gasteiger partial charge in [0, 0.05) is 16.9 Å². The van der Waals surface area contributed by atoms with Crippen molar-refractivity contribution in [2.24, 2.45) is 0 Å². The quantitative estimate of drug-likeness (QED) is 0.424. The molecule has 0 N–H and O–H groups in total. The first kappa shape index (κ1) is 25.5. The number of benzene rings is 3. The van der Waals surface area contributed by atoms with Crippen molar-refractivity contribution in [3.8, 4) is 0 Å². The number of amides is 2. The van der Waals surface area contributed by atoms with Gasteiger partial charge in [0.2, 0.25) is 0 Å². The Morgan fingerprint density at radius 3 is 1.66 bits per heavy atom. The molecule has 0 spiro atoms. The SMILES string of the molecule is COC(=O)C(CN(c1ccccc1)c1ccccc1)N(C(=O)OC(C)(C)C)C(=O)c1ccccc1. The van der Waals surface area contributed by atoms with E-state index in [1.165, 1.54) is 7.11 Å². The number of anilines is 2. The Bertz CT molecular complexity index is 1090. The normalized spacial score (nSPS) is 11.8. The highest BCUT2D eigenvalue weighted by molar-refractivity contribution is 6.05. The molecule has 7 heteroatoms. The first-order valence-corrected chi connectivity index (χ1v) is 11.3. The van der Waals surface area contributed by atoms with Gasteiger partial charge in [-0.15, -0.1) is 0 Å². The Labute approximate surface area is 205 Å². The lowest BCUT2D eigenvalue weighted by Crippen LogP contribution is -2.54. The number of imide groups is 1. The Balaban J connectivity index is 2.10. The van der Waals surface area contributed by atoms with Gasteiger partial charge in [-0.2, -0.15) is 0 Å². The lowest BCUT2D eigenvalue weighted by atomic mass is 10.1. The van der Waals surface area contributed by atoms with Crippen LogP contribution in [0.15, 0.2) is 91.0 Å². The molecule has 0 fully saturated rings. The van der Waals surface area contributed by atoms with Crippen molar-refractivity contribution in [3.63, 3.8) is 0 Å². The second-order valence-corrected chi connectivity index (χ2v) is 8.84. The number of methoxy groups -OCH3 is 1. The second kappa shape index (κ2) is 11.3. The van der Waals surface area contributed by atoms with Gasteiger partial charge < -0.3 is 14.4 Å². The maximum atomic E-state index is 13.6. The van der Waals surface area contributed by atoms with Crippen molar-refractivity contribution in [1.29, 1.82) is 0 Å². The van der Waals surface area contributed by atoms with E-state index in [1.54, 1.807) is 51.1 Å². The zero-order valence-electron chi connectivity index (χ0n) is 20.4. The molecular weight excluding hydrogens is 444 g/mol. The van der Waals surface area contributed by atoms with E-state index in [2.05, 4.69) is 0 Å². The number of esters is 1. The highest BCUT2D eigenvalue weighted by Gasteiger charge is 2.40. The summed E-state index contributed by atoms with van der Waals surface area (Å²) in [5.74, 6) is -1.40. The smallest absolute Gasteiger partial charge is 0.418 e. The molecule has 7 nitrogen and oxygen atoms in total. The van der Waals surface area contributed by atoms with E-state index in [-0.39, 0.29) is 12.1 Å². The summed E-state index contributed by atoms with van der Waals surface area (Å²) in [6.07, 6.45) is -0.928. The number of ether oxygens (including phenoxy) is 2. The highest BCUT2D eigenvalue weighted by atomic mass is 16.6. The average molecular weight is 475 g/mol. The number of rotatable bonds is 7. The van der Waals surface area contributed by atoms with Crippen LogP contribution in [0.5, 0.6) is 0 Å². The summed E-state index contributed by atoms with van der Waals surface area (Å²) >= 11 is 0. The Morgan fingerprint density at radius 1 is 0.771 bits per heavy atom. The molecule has 0 aliphatic heterocycles. The van der Waals surface area contributed by atoms with Crippen molar-refractivity contribution in [1.82, 2.24) is 4.90 Å². The predicted molar refractivity (Wildman–Crippen MR) is 135 cm³/mol. The largest absolute Gasteiger partial charge is 0.467 e. The summed E-state index contributed by atoms with van der Waals surface area (Å²) in [4.78, 5) is 42.8. The molecule has 0 aliphatic rings. The number of carbonyl (C=O) groups excluding carboxylic acids is 3. The summed E-state index contributed by atoms with van der Waals surface area (Å²) < 4.78 is 10.6. The molecule has 0 radical (unpaired) electrons. The third-order valence-electron chi connectivity index (χ3n) is 5.11. The first-order chi connectivity index (χ1) is 16.7. The lowest BCUT2D eigenvalue weighted by molar-refractivity contribution is -0.145. The van der Waals surface area contributed by atoms with Gasteiger partial charge >= 0.3 is 12.1 Å². The molecule has 3 rings (SSSR count). The zero-order valence-corrected chi connectivity index (χ0v) is 20.4. The van der Waals surface area contributed by atoms with Crippen LogP contribution in [0.4, 0.5) is 16.2 Å². The Hall–Kier alpha value is -4.13. The average Bonchev–Trinajstić information content (AvgIpc) is 2.86. The van der Waals surface area contributed by atoms with E-state index in [0.717, 1.165) is 16.3 Å². The minimum absolute atomic E-state index is 0.0431. The molecule has 2 amide bonds. The maximum absolute atomic E-state index is 13.6. The third-order valence-corrected chi connectivity index (χ3v) is 5.11. The fraction of sp³-hybridized carbons (Fsp3) is 0.250. The minimum Gasteiger partial charge on any atom is -0.467 e. The van der Waals surface area contributed by atoms with Gasteiger partial charge in [0.1, 0.15) is 5.60 Å². The van der Waals surface area contributed by atoms with Crippen LogP contribution >= 0.6 is 0 Å². The summed E-state index contributed by atoms with van der Waals surface area (Å²) in [5, 5.41) is 0. The maximum Gasteiger partial charge on any atom is 0.418 e. The van der Waals surface area contributed by atoms with E-state index in [4.69, 9.17) is 9.47 Å². The van der Waals surface area contributed by atoms with Crippen molar-refractivity contribution in [2.45, 2.75) is 32.4 Å². The van der Waals surface area contributed by atoms with Crippen LogP contribution in [-0.4, -0.2) is 48.2 Å². The Morgan fingerprint density at radius 2 is 1.23 bits per heavy atom. The van der Waals surface area contributed by atoms with Crippen LogP contribution in [0.25, 0.3) is 0 Å². The molecule has 35 heavy (non-hydrogen) atoms. The first-order valence-electron chi connectivity index (χ1n) is 11.3. The van der Waals surface area contributed by atoms with Crippen LogP contribution in [0.2, 0.25) is 0 Å². The molecule has 0 aliphatic carbocycles. The predicted octanol–water partition coefficient (Wildman–Crippen LogP) is 5.44. The molecule has 0 bridgehead atoms. The fourth-order valence-corrected chi connectivity index (χ4v) is 3.53. The summed E-state index contributed by atoms with van der Waals surface area (Å²) in [6.45, 7) is 5.05.